The van der Waals surface area contributed by atoms with Crippen LogP contribution in [0, 0.1) is 5.41 Å². The molecular weight excluding hydrogens is 240 g/mol. The average Bonchev–Trinajstić information content (AvgIpc) is 2.38. The number of nitrogens with two attached hydrogens (primary N) is 1. The van der Waals surface area contributed by atoms with Crippen molar-refractivity contribution in [1.29, 1.82) is 0 Å². The van der Waals surface area contributed by atoms with E-state index in [2.05, 4.69) is 15.6 Å². The summed E-state index contributed by atoms with van der Waals surface area (Å²) in [4.78, 5) is 16.1. The van der Waals surface area contributed by atoms with Crippen LogP contribution < -0.4 is 16.4 Å². The minimum Gasteiger partial charge on any atom is -0.370 e. The normalized spacial score (nSPS) is 18.2. The van der Waals surface area contributed by atoms with E-state index in [1.165, 1.54) is 19.3 Å². The Balaban J connectivity index is 2.42. The van der Waals surface area contributed by atoms with Gasteiger partial charge in [-0.15, -0.1) is 0 Å². The van der Waals surface area contributed by atoms with E-state index in [-0.39, 0.29) is 5.91 Å². The molecule has 4 N–H and O–H groups in total. The minimum absolute atomic E-state index is 0.0178. The van der Waals surface area contributed by atoms with Crippen molar-refractivity contribution in [2.75, 3.05) is 13.1 Å². The van der Waals surface area contributed by atoms with E-state index in [0.29, 0.717) is 25.1 Å². The van der Waals surface area contributed by atoms with Gasteiger partial charge in [-0.25, -0.2) is 0 Å². The molecule has 0 spiro atoms. The van der Waals surface area contributed by atoms with Gasteiger partial charge in [0, 0.05) is 12.6 Å². The maximum atomic E-state index is 11.8. The van der Waals surface area contributed by atoms with Crippen LogP contribution in [0.4, 0.5) is 0 Å². The van der Waals surface area contributed by atoms with Crippen LogP contribution >= 0.6 is 0 Å². The third-order valence-corrected chi connectivity index (χ3v) is 3.55. The number of carbonyl (C=O) groups excluding carboxylic acids is 1. The first kappa shape index (κ1) is 15.8. The molecule has 5 nitrogen and oxygen atoms in total. The molecule has 0 unspecified atom stereocenters. The first-order valence-electron chi connectivity index (χ1n) is 7.30. The van der Waals surface area contributed by atoms with E-state index >= 15 is 0 Å². The van der Waals surface area contributed by atoms with Crippen LogP contribution in [0.15, 0.2) is 4.99 Å². The zero-order chi connectivity index (χ0) is 14.3. The number of nitrogens with one attached hydrogen (secondary N) is 2. The van der Waals surface area contributed by atoms with Crippen molar-refractivity contribution in [3.63, 3.8) is 0 Å². The van der Waals surface area contributed by atoms with Crippen molar-refractivity contribution >= 4 is 11.9 Å². The molecule has 0 aromatic carbocycles. The summed E-state index contributed by atoms with van der Waals surface area (Å²) >= 11 is 0. The SMILES string of the molecule is CCNC(=O)C(C)(C)CN=C(N)NC1CCCCC1. The summed E-state index contributed by atoms with van der Waals surface area (Å²) in [5, 5.41) is 6.08. The van der Waals surface area contributed by atoms with Crippen LogP contribution in [-0.2, 0) is 4.79 Å². The van der Waals surface area contributed by atoms with E-state index in [0.717, 1.165) is 12.8 Å². The number of guanidine groups is 1. The van der Waals surface area contributed by atoms with Crippen molar-refractivity contribution < 1.29 is 4.79 Å². The fourth-order valence-corrected chi connectivity index (χ4v) is 2.26. The third-order valence-electron chi connectivity index (χ3n) is 3.55. The second-order valence-corrected chi connectivity index (χ2v) is 5.92. The topological polar surface area (TPSA) is 79.5 Å². The highest BCUT2D eigenvalue weighted by atomic mass is 16.2. The number of hydrogen-bond acceptors (Lipinski definition) is 2. The van der Waals surface area contributed by atoms with Gasteiger partial charge in [0.05, 0.1) is 12.0 Å². The minimum atomic E-state index is -0.519. The zero-order valence-electron chi connectivity index (χ0n) is 12.5. The predicted octanol–water partition coefficient (Wildman–Crippen LogP) is 1.39. The fourth-order valence-electron chi connectivity index (χ4n) is 2.26. The molecule has 110 valence electrons. The summed E-state index contributed by atoms with van der Waals surface area (Å²) in [5.74, 6) is 0.480. The molecule has 0 bridgehead atoms. The molecule has 0 atom stereocenters. The summed E-state index contributed by atoms with van der Waals surface area (Å²) in [5.41, 5.74) is 5.37. The lowest BCUT2D eigenvalue weighted by atomic mass is 9.92. The summed E-state index contributed by atoms with van der Waals surface area (Å²) in [6.45, 7) is 6.73. The number of hydrogen-bond donors (Lipinski definition) is 3. The average molecular weight is 268 g/mol. The van der Waals surface area contributed by atoms with E-state index in [4.69, 9.17) is 5.73 Å². The highest BCUT2D eigenvalue weighted by Crippen LogP contribution is 2.18. The molecule has 1 amide bonds. The molecule has 1 aliphatic rings. The first-order chi connectivity index (χ1) is 8.95. The molecule has 0 radical (unpaired) electrons. The Kier molecular flexibility index (Phi) is 6.12. The van der Waals surface area contributed by atoms with Crippen molar-refractivity contribution in [1.82, 2.24) is 10.6 Å². The lowest BCUT2D eigenvalue weighted by molar-refractivity contribution is -0.128. The molecular formula is C14H28N4O. The summed E-state index contributed by atoms with van der Waals surface area (Å²) in [6, 6.07) is 0.449. The molecule has 0 aliphatic heterocycles. The van der Waals surface area contributed by atoms with Crippen molar-refractivity contribution in [3.05, 3.63) is 0 Å². The Bertz CT molecular complexity index is 319. The summed E-state index contributed by atoms with van der Waals surface area (Å²) < 4.78 is 0. The molecule has 0 heterocycles. The number of rotatable bonds is 5. The lowest BCUT2D eigenvalue weighted by Crippen LogP contribution is -2.43. The van der Waals surface area contributed by atoms with Gasteiger partial charge in [0.15, 0.2) is 5.96 Å². The maximum Gasteiger partial charge on any atom is 0.227 e. The van der Waals surface area contributed by atoms with Crippen LogP contribution in [0.5, 0.6) is 0 Å². The number of aliphatic imine (C=N–C) groups is 1. The van der Waals surface area contributed by atoms with Gasteiger partial charge in [0.25, 0.3) is 0 Å². The van der Waals surface area contributed by atoms with Crippen LogP contribution in [0.25, 0.3) is 0 Å². The Hall–Kier alpha value is -1.26. The summed E-state index contributed by atoms with van der Waals surface area (Å²) in [6.07, 6.45) is 6.16. The van der Waals surface area contributed by atoms with Crippen LogP contribution in [0.2, 0.25) is 0 Å². The van der Waals surface area contributed by atoms with Gasteiger partial charge in [-0.1, -0.05) is 19.3 Å². The second kappa shape index (κ2) is 7.36. The standard InChI is InChI=1S/C14H28N4O/c1-4-16-12(19)14(2,3)10-17-13(15)18-11-8-6-5-7-9-11/h11H,4-10H2,1-3H3,(H,16,19)(H3,15,17,18). The van der Waals surface area contributed by atoms with Crippen molar-refractivity contribution in [3.8, 4) is 0 Å². The van der Waals surface area contributed by atoms with Gasteiger partial charge >= 0.3 is 0 Å². The van der Waals surface area contributed by atoms with Crippen LogP contribution in [-0.4, -0.2) is 31.0 Å². The quantitative estimate of drug-likeness (QED) is 0.520. The third kappa shape index (κ3) is 5.49. The lowest BCUT2D eigenvalue weighted by Gasteiger charge is -2.24. The molecule has 1 aliphatic carbocycles. The zero-order valence-corrected chi connectivity index (χ0v) is 12.5. The molecule has 5 heteroatoms. The monoisotopic (exact) mass is 268 g/mol. The van der Waals surface area contributed by atoms with Gasteiger partial charge in [0.2, 0.25) is 5.91 Å². The van der Waals surface area contributed by atoms with Gasteiger partial charge in [-0.05, 0) is 33.6 Å². The van der Waals surface area contributed by atoms with Gasteiger partial charge in [0.1, 0.15) is 0 Å². The van der Waals surface area contributed by atoms with E-state index in [9.17, 15) is 4.79 Å². The molecule has 0 saturated heterocycles. The molecule has 1 fully saturated rings. The van der Waals surface area contributed by atoms with Crippen LogP contribution in [0.1, 0.15) is 52.9 Å². The fraction of sp³-hybridized carbons (Fsp3) is 0.857. The molecule has 1 rings (SSSR count). The molecule has 19 heavy (non-hydrogen) atoms. The summed E-state index contributed by atoms with van der Waals surface area (Å²) in [7, 11) is 0. The van der Waals surface area contributed by atoms with Gasteiger partial charge < -0.3 is 16.4 Å². The van der Waals surface area contributed by atoms with Crippen LogP contribution in [0.3, 0.4) is 0 Å². The Morgan fingerprint density at radius 3 is 2.53 bits per heavy atom. The first-order valence-corrected chi connectivity index (χ1v) is 7.30. The smallest absolute Gasteiger partial charge is 0.227 e. The number of nitrogens with zero attached hydrogens (tertiary/aromatic N) is 1. The van der Waals surface area contributed by atoms with E-state index < -0.39 is 5.41 Å². The highest BCUT2D eigenvalue weighted by Gasteiger charge is 2.26. The highest BCUT2D eigenvalue weighted by molar-refractivity contribution is 5.83. The Morgan fingerprint density at radius 2 is 1.95 bits per heavy atom. The second-order valence-electron chi connectivity index (χ2n) is 5.92. The predicted molar refractivity (Wildman–Crippen MR) is 79.0 cm³/mol. The van der Waals surface area contributed by atoms with Crippen molar-refractivity contribution in [2.45, 2.75) is 58.9 Å². The number of amides is 1. The maximum absolute atomic E-state index is 11.8. The van der Waals surface area contributed by atoms with Crippen molar-refractivity contribution in [2.24, 2.45) is 16.1 Å². The van der Waals surface area contributed by atoms with E-state index in [1.807, 2.05) is 20.8 Å². The molecule has 0 aromatic rings. The Labute approximate surface area is 116 Å². The largest absolute Gasteiger partial charge is 0.370 e. The van der Waals surface area contributed by atoms with Gasteiger partial charge in [-0.3, -0.25) is 9.79 Å². The molecule has 1 saturated carbocycles. The number of carbonyl (C=O) groups is 1. The van der Waals surface area contributed by atoms with Gasteiger partial charge in [-0.2, -0.15) is 0 Å². The van der Waals surface area contributed by atoms with E-state index in [1.54, 1.807) is 0 Å². The molecule has 0 aromatic heterocycles. The Morgan fingerprint density at radius 1 is 1.32 bits per heavy atom.